The zero-order valence-electron chi connectivity index (χ0n) is 8.13. The molecule has 0 aromatic carbocycles. The summed E-state index contributed by atoms with van der Waals surface area (Å²) in [7, 11) is 0. The molecule has 0 heterocycles. The van der Waals surface area contributed by atoms with Gasteiger partial charge in [0.25, 0.3) is 0 Å². The molecule has 0 aliphatic rings. The van der Waals surface area contributed by atoms with Crippen LogP contribution in [-0.2, 0) is 29.1 Å². The second-order valence-corrected chi connectivity index (χ2v) is 2.62. The van der Waals surface area contributed by atoms with E-state index in [4.69, 9.17) is 20.4 Å². The molecule has 84 valence electrons. The summed E-state index contributed by atoms with van der Waals surface area (Å²) < 4.78 is 0. The van der Waals surface area contributed by atoms with Crippen LogP contribution in [0.2, 0.25) is 0 Å². The van der Waals surface area contributed by atoms with Gasteiger partial charge >= 0.3 is 19.5 Å². The van der Waals surface area contributed by atoms with Gasteiger partial charge in [0.05, 0.1) is 11.9 Å². The Bertz CT molecular complexity index is 188. The zero-order chi connectivity index (χ0) is 12.2. The van der Waals surface area contributed by atoms with Gasteiger partial charge in [-0.15, -0.1) is 0 Å². The van der Waals surface area contributed by atoms with Crippen molar-refractivity contribution in [3.05, 3.63) is 0 Å². The van der Waals surface area contributed by atoms with Crippen LogP contribution in [0.25, 0.3) is 0 Å². The maximum atomic E-state index is 9.41. The average Bonchev–Trinajstić information content (AvgIpc) is 1.83. The first-order valence-electron chi connectivity index (χ1n) is 3.21. The second kappa shape index (κ2) is 6.81. The quantitative estimate of drug-likeness (QED) is 0.287. The van der Waals surface area contributed by atoms with Crippen molar-refractivity contribution in [3.63, 3.8) is 0 Å². The van der Waals surface area contributed by atoms with Crippen LogP contribution in [0.1, 0.15) is 13.8 Å². The molecule has 0 amide bonds. The molecule has 0 saturated carbocycles. The van der Waals surface area contributed by atoms with Crippen LogP contribution in [0.15, 0.2) is 0 Å². The number of carboxylic acids is 2. The number of carbonyl (C=O) groups excluding carboxylic acids is 2. The van der Waals surface area contributed by atoms with Crippen LogP contribution in [-0.4, -0.2) is 43.9 Å². The SMILES string of the molecule is CC(O)(O)C(=O)[O-].CC(O)(O)C(=O)[O-].[Zn+2]. The molecule has 0 spiro atoms. The number of carboxylic acid groups (broad SMARTS) is 2. The summed E-state index contributed by atoms with van der Waals surface area (Å²) in [6, 6.07) is 0. The number of rotatable bonds is 2. The maximum absolute atomic E-state index is 9.41. The first kappa shape index (κ1) is 19.9. The second-order valence-electron chi connectivity index (χ2n) is 2.62. The zero-order valence-corrected chi connectivity index (χ0v) is 11.1. The Labute approximate surface area is 97.5 Å². The summed E-state index contributed by atoms with van der Waals surface area (Å²) in [6.07, 6.45) is 0. The Kier molecular flexibility index (Phi) is 9.03. The molecule has 0 atom stereocenters. The number of aliphatic carboxylic acids is 2. The van der Waals surface area contributed by atoms with E-state index >= 15 is 0 Å². The number of hydrogen-bond donors (Lipinski definition) is 4. The molecule has 0 aromatic rings. The standard InChI is InChI=1S/2C3H6O4.Zn/c2*1-3(6,7)2(4)5;/h2*6-7H,1H3,(H,4,5);/q;;+2/p-2. The summed E-state index contributed by atoms with van der Waals surface area (Å²) >= 11 is 0. The van der Waals surface area contributed by atoms with Gasteiger partial charge in [0, 0.05) is 0 Å². The first-order valence-corrected chi connectivity index (χ1v) is 3.21. The molecule has 0 radical (unpaired) electrons. The minimum atomic E-state index is -2.69. The third kappa shape index (κ3) is 13.4. The molecular formula is C6H10O8Zn. The van der Waals surface area contributed by atoms with Crippen LogP contribution in [0.3, 0.4) is 0 Å². The normalized spacial score (nSPS) is 10.5. The van der Waals surface area contributed by atoms with E-state index in [0.29, 0.717) is 13.8 Å². The molecular weight excluding hydrogens is 265 g/mol. The van der Waals surface area contributed by atoms with Crippen LogP contribution in [0.4, 0.5) is 0 Å². The molecule has 0 saturated heterocycles. The van der Waals surface area contributed by atoms with E-state index in [2.05, 4.69) is 0 Å². The molecule has 0 aliphatic heterocycles. The van der Waals surface area contributed by atoms with Crippen molar-refractivity contribution in [2.45, 2.75) is 25.4 Å². The fourth-order valence-electron chi connectivity index (χ4n) is 0. The van der Waals surface area contributed by atoms with Crippen molar-refractivity contribution >= 4 is 11.9 Å². The fraction of sp³-hybridized carbons (Fsp3) is 0.667. The Balaban J connectivity index is -0.000000180. The van der Waals surface area contributed by atoms with E-state index in [-0.39, 0.29) is 19.5 Å². The van der Waals surface area contributed by atoms with Crippen molar-refractivity contribution in [2.24, 2.45) is 0 Å². The summed E-state index contributed by atoms with van der Waals surface area (Å²) in [5.74, 6) is -9.18. The predicted octanol–water partition coefficient (Wildman–Crippen LogP) is -5.13. The van der Waals surface area contributed by atoms with E-state index in [1.807, 2.05) is 0 Å². The topological polar surface area (TPSA) is 161 Å². The van der Waals surface area contributed by atoms with Crippen molar-refractivity contribution in [3.8, 4) is 0 Å². The van der Waals surface area contributed by atoms with Crippen molar-refractivity contribution in [1.29, 1.82) is 0 Å². The van der Waals surface area contributed by atoms with Gasteiger partial charge in [-0.25, -0.2) is 0 Å². The molecule has 0 aromatic heterocycles. The smallest absolute Gasteiger partial charge is 0.544 e. The molecule has 9 heteroatoms. The van der Waals surface area contributed by atoms with Crippen LogP contribution in [0.5, 0.6) is 0 Å². The van der Waals surface area contributed by atoms with Crippen LogP contribution in [0, 0.1) is 0 Å². The van der Waals surface area contributed by atoms with Gasteiger partial charge < -0.3 is 40.2 Å². The third-order valence-corrected chi connectivity index (χ3v) is 0.773. The van der Waals surface area contributed by atoms with Gasteiger partial charge in [0.15, 0.2) is 0 Å². The minimum Gasteiger partial charge on any atom is -0.544 e. The molecule has 0 fully saturated rings. The van der Waals surface area contributed by atoms with Crippen LogP contribution >= 0.6 is 0 Å². The van der Waals surface area contributed by atoms with Crippen LogP contribution < -0.4 is 10.2 Å². The maximum Gasteiger partial charge on any atom is 2.00 e. The number of carbonyl (C=O) groups is 2. The fourth-order valence-corrected chi connectivity index (χ4v) is 0. The summed E-state index contributed by atoms with van der Waals surface area (Å²) in [4.78, 5) is 18.8. The van der Waals surface area contributed by atoms with E-state index < -0.39 is 23.5 Å². The van der Waals surface area contributed by atoms with Gasteiger partial charge in [-0.1, -0.05) is 0 Å². The van der Waals surface area contributed by atoms with Gasteiger partial charge in [0.2, 0.25) is 11.6 Å². The van der Waals surface area contributed by atoms with Crippen molar-refractivity contribution in [1.82, 2.24) is 0 Å². The van der Waals surface area contributed by atoms with Gasteiger partial charge in [-0.3, -0.25) is 0 Å². The van der Waals surface area contributed by atoms with E-state index in [1.165, 1.54) is 0 Å². The predicted molar refractivity (Wildman–Crippen MR) is 35.7 cm³/mol. The summed E-state index contributed by atoms with van der Waals surface area (Å²) in [5, 5.41) is 50.8. The largest absolute Gasteiger partial charge is 2.00 e. The average molecular weight is 276 g/mol. The number of hydrogen-bond acceptors (Lipinski definition) is 8. The minimum absolute atomic E-state index is 0. The van der Waals surface area contributed by atoms with E-state index in [9.17, 15) is 19.8 Å². The summed E-state index contributed by atoms with van der Waals surface area (Å²) in [5.41, 5.74) is 0. The number of aliphatic hydroxyl groups is 4. The Morgan fingerprint density at radius 3 is 0.933 bits per heavy atom. The molecule has 0 rings (SSSR count). The van der Waals surface area contributed by atoms with Gasteiger partial charge in [-0.2, -0.15) is 0 Å². The van der Waals surface area contributed by atoms with E-state index in [1.54, 1.807) is 0 Å². The Morgan fingerprint density at radius 2 is 0.933 bits per heavy atom. The molecule has 0 unspecified atom stereocenters. The first-order chi connectivity index (χ1) is 5.89. The van der Waals surface area contributed by atoms with E-state index in [0.717, 1.165) is 0 Å². The Morgan fingerprint density at radius 1 is 0.867 bits per heavy atom. The third-order valence-electron chi connectivity index (χ3n) is 0.773. The van der Waals surface area contributed by atoms with Crippen molar-refractivity contribution < 1.29 is 59.7 Å². The molecule has 0 bridgehead atoms. The summed E-state index contributed by atoms with van der Waals surface area (Å²) in [6.45, 7) is 1.42. The monoisotopic (exact) mass is 274 g/mol. The molecule has 8 nitrogen and oxygen atoms in total. The Hall–Kier alpha value is -0.597. The molecule has 4 N–H and O–H groups in total. The molecule has 15 heavy (non-hydrogen) atoms. The van der Waals surface area contributed by atoms with Gasteiger partial charge in [0.1, 0.15) is 0 Å². The van der Waals surface area contributed by atoms with Crippen molar-refractivity contribution in [2.75, 3.05) is 0 Å². The molecule has 0 aliphatic carbocycles. The van der Waals surface area contributed by atoms with Gasteiger partial charge in [-0.05, 0) is 13.8 Å².